The second-order valence-electron chi connectivity index (χ2n) is 6.00. The van der Waals surface area contributed by atoms with Crippen LogP contribution in [-0.2, 0) is 0 Å². The molecular weight excluding hydrogens is 326 g/mol. The van der Waals surface area contributed by atoms with Crippen molar-refractivity contribution in [2.24, 2.45) is 0 Å². The van der Waals surface area contributed by atoms with E-state index in [1.54, 1.807) is 25.3 Å². The van der Waals surface area contributed by atoms with Crippen LogP contribution >= 0.6 is 0 Å². The van der Waals surface area contributed by atoms with E-state index in [0.717, 1.165) is 22.4 Å². The number of hydrogen-bond acceptors (Lipinski definition) is 4. The first kappa shape index (κ1) is 17.6. The molecule has 0 aliphatic carbocycles. The maximum atomic E-state index is 12.5. The van der Waals surface area contributed by atoms with Gasteiger partial charge in [-0.05, 0) is 24.1 Å². The minimum atomic E-state index is -0.153. The van der Waals surface area contributed by atoms with Crippen LogP contribution in [0.5, 0.6) is 5.75 Å². The molecule has 0 fully saturated rings. The van der Waals surface area contributed by atoms with Crippen LogP contribution in [0, 0.1) is 0 Å². The lowest BCUT2D eigenvalue weighted by molar-refractivity contribution is 0.0736. The summed E-state index contributed by atoms with van der Waals surface area (Å²) < 4.78 is 5.43. The van der Waals surface area contributed by atoms with Crippen molar-refractivity contribution in [1.82, 2.24) is 14.9 Å². The Morgan fingerprint density at radius 2 is 1.81 bits per heavy atom. The molecule has 26 heavy (non-hydrogen) atoms. The zero-order chi connectivity index (χ0) is 18.5. The van der Waals surface area contributed by atoms with Gasteiger partial charge in [-0.15, -0.1) is 0 Å². The Bertz CT molecular complexity index is 879. The lowest BCUT2D eigenvalue weighted by atomic mass is 10.00. The summed E-state index contributed by atoms with van der Waals surface area (Å²) in [5, 5.41) is 0. The molecule has 1 aromatic heterocycles. The van der Waals surface area contributed by atoms with Gasteiger partial charge in [0.1, 0.15) is 11.4 Å². The van der Waals surface area contributed by atoms with E-state index in [9.17, 15) is 4.79 Å². The highest BCUT2D eigenvalue weighted by Crippen LogP contribution is 2.31. The number of carbonyl (C=O) groups is 1. The quantitative estimate of drug-likeness (QED) is 0.700. The summed E-state index contributed by atoms with van der Waals surface area (Å²) in [5.74, 6) is 0.683. The number of nitrogens with zero attached hydrogens (tertiary/aromatic N) is 3. The molecule has 2 aromatic carbocycles. The molecule has 0 radical (unpaired) electrons. The van der Waals surface area contributed by atoms with E-state index < -0.39 is 0 Å². The molecule has 0 spiro atoms. The van der Waals surface area contributed by atoms with Gasteiger partial charge < -0.3 is 9.64 Å². The third-order valence-corrected chi connectivity index (χ3v) is 4.49. The molecule has 1 amide bonds. The minimum Gasteiger partial charge on any atom is -0.496 e. The fraction of sp³-hybridized carbons (Fsp3) is 0.190. The Balaban J connectivity index is 1.80. The Morgan fingerprint density at radius 1 is 1.08 bits per heavy atom. The van der Waals surface area contributed by atoms with Gasteiger partial charge in [0.2, 0.25) is 0 Å². The summed E-state index contributed by atoms with van der Waals surface area (Å²) in [6.07, 6.45) is 4.56. The summed E-state index contributed by atoms with van der Waals surface area (Å²) in [5.41, 5.74) is 3.50. The molecule has 0 aliphatic heterocycles. The maximum Gasteiger partial charge on any atom is 0.274 e. The van der Waals surface area contributed by atoms with Gasteiger partial charge in [0, 0.05) is 25.0 Å². The first-order valence-electron chi connectivity index (χ1n) is 8.38. The number of aromatic nitrogens is 2. The van der Waals surface area contributed by atoms with E-state index in [1.807, 2.05) is 55.5 Å². The third kappa shape index (κ3) is 3.57. The molecule has 5 nitrogen and oxygen atoms in total. The van der Waals surface area contributed by atoms with E-state index in [-0.39, 0.29) is 11.9 Å². The average Bonchev–Trinajstić information content (AvgIpc) is 2.73. The van der Waals surface area contributed by atoms with Gasteiger partial charge >= 0.3 is 0 Å². The van der Waals surface area contributed by atoms with E-state index in [4.69, 9.17) is 4.74 Å². The van der Waals surface area contributed by atoms with Crippen LogP contribution in [0.4, 0.5) is 0 Å². The van der Waals surface area contributed by atoms with Crippen molar-refractivity contribution >= 4 is 5.91 Å². The van der Waals surface area contributed by atoms with Crippen LogP contribution in [0.25, 0.3) is 11.1 Å². The zero-order valence-electron chi connectivity index (χ0n) is 15.1. The highest BCUT2D eigenvalue weighted by Gasteiger charge is 2.20. The lowest BCUT2D eigenvalue weighted by Crippen LogP contribution is -2.30. The molecule has 0 saturated carbocycles. The number of para-hydroxylation sites is 1. The van der Waals surface area contributed by atoms with Crippen LogP contribution < -0.4 is 4.74 Å². The van der Waals surface area contributed by atoms with Crippen molar-refractivity contribution in [3.63, 3.8) is 0 Å². The predicted octanol–water partition coefficient (Wildman–Crippen LogP) is 3.99. The Hall–Kier alpha value is -3.21. The molecule has 0 N–H and O–H groups in total. The molecule has 5 heteroatoms. The van der Waals surface area contributed by atoms with Crippen LogP contribution in [0.3, 0.4) is 0 Å². The van der Waals surface area contributed by atoms with Crippen molar-refractivity contribution in [2.75, 3.05) is 14.2 Å². The molecule has 3 rings (SSSR count). The molecule has 0 bridgehead atoms. The zero-order valence-corrected chi connectivity index (χ0v) is 15.1. The SMILES string of the molecule is COc1ccccc1-c1ccc([C@H](C)N(C)C(=O)c2cnccn2)cc1. The van der Waals surface area contributed by atoms with Gasteiger partial charge in [0.25, 0.3) is 5.91 Å². The molecule has 1 atom stereocenters. The van der Waals surface area contributed by atoms with Crippen molar-refractivity contribution < 1.29 is 9.53 Å². The highest BCUT2D eigenvalue weighted by molar-refractivity contribution is 5.92. The number of methoxy groups -OCH3 is 1. The summed E-state index contributed by atoms with van der Waals surface area (Å²) in [6.45, 7) is 1.99. The molecule has 0 aliphatic rings. The Labute approximate surface area is 153 Å². The molecule has 3 aromatic rings. The van der Waals surface area contributed by atoms with Crippen LogP contribution in [0.2, 0.25) is 0 Å². The van der Waals surface area contributed by atoms with Crippen LogP contribution in [0.15, 0.2) is 67.1 Å². The fourth-order valence-electron chi connectivity index (χ4n) is 2.81. The molecule has 132 valence electrons. The Morgan fingerprint density at radius 3 is 2.46 bits per heavy atom. The van der Waals surface area contributed by atoms with Gasteiger partial charge in [-0.3, -0.25) is 9.78 Å². The molecule has 0 unspecified atom stereocenters. The van der Waals surface area contributed by atoms with Crippen LogP contribution in [-0.4, -0.2) is 34.9 Å². The summed E-state index contributed by atoms with van der Waals surface area (Å²) >= 11 is 0. The second-order valence-corrected chi connectivity index (χ2v) is 6.00. The molecule has 0 saturated heterocycles. The molecular formula is C21H21N3O2. The van der Waals surface area contributed by atoms with Crippen molar-refractivity contribution in [3.8, 4) is 16.9 Å². The van der Waals surface area contributed by atoms with Crippen LogP contribution in [0.1, 0.15) is 29.0 Å². The van der Waals surface area contributed by atoms with E-state index >= 15 is 0 Å². The predicted molar refractivity (Wildman–Crippen MR) is 101 cm³/mol. The van der Waals surface area contributed by atoms with Gasteiger partial charge in [0.15, 0.2) is 0 Å². The standard InChI is InChI=1S/C21H21N3O2/c1-15(24(2)21(25)19-14-22-12-13-23-19)16-8-10-17(11-9-16)18-6-4-5-7-20(18)26-3/h4-15H,1-3H3/t15-/m0/s1. The summed E-state index contributed by atoms with van der Waals surface area (Å²) in [6, 6.07) is 16.0. The number of amides is 1. The lowest BCUT2D eigenvalue weighted by Gasteiger charge is -2.25. The minimum absolute atomic E-state index is 0.0868. The first-order valence-corrected chi connectivity index (χ1v) is 8.38. The highest BCUT2D eigenvalue weighted by atomic mass is 16.5. The van der Waals surface area contributed by atoms with Gasteiger partial charge in [0.05, 0.1) is 19.3 Å². The number of hydrogen-bond donors (Lipinski definition) is 0. The number of carbonyl (C=O) groups excluding carboxylic acids is 1. The summed E-state index contributed by atoms with van der Waals surface area (Å²) in [7, 11) is 3.44. The monoisotopic (exact) mass is 347 g/mol. The maximum absolute atomic E-state index is 12.5. The summed E-state index contributed by atoms with van der Waals surface area (Å²) in [4.78, 5) is 22.2. The van der Waals surface area contributed by atoms with Gasteiger partial charge in [-0.25, -0.2) is 4.98 Å². The number of benzene rings is 2. The smallest absolute Gasteiger partial charge is 0.274 e. The van der Waals surface area contributed by atoms with E-state index in [0.29, 0.717) is 5.69 Å². The van der Waals surface area contributed by atoms with Crippen molar-refractivity contribution in [2.45, 2.75) is 13.0 Å². The molecule has 1 heterocycles. The Kier molecular flexibility index (Phi) is 5.27. The van der Waals surface area contributed by atoms with Crippen molar-refractivity contribution in [1.29, 1.82) is 0 Å². The van der Waals surface area contributed by atoms with E-state index in [2.05, 4.69) is 9.97 Å². The van der Waals surface area contributed by atoms with Gasteiger partial charge in [-0.2, -0.15) is 0 Å². The van der Waals surface area contributed by atoms with Gasteiger partial charge in [-0.1, -0.05) is 42.5 Å². The third-order valence-electron chi connectivity index (χ3n) is 4.49. The number of ether oxygens (including phenoxy) is 1. The number of rotatable bonds is 5. The largest absolute Gasteiger partial charge is 0.496 e. The topological polar surface area (TPSA) is 55.3 Å². The average molecular weight is 347 g/mol. The normalized spacial score (nSPS) is 11.7. The fourth-order valence-corrected chi connectivity index (χ4v) is 2.81. The van der Waals surface area contributed by atoms with Crippen molar-refractivity contribution in [3.05, 3.63) is 78.4 Å². The first-order chi connectivity index (χ1) is 12.6. The second kappa shape index (κ2) is 7.78. The van der Waals surface area contributed by atoms with E-state index in [1.165, 1.54) is 12.4 Å².